The van der Waals surface area contributed by atoms with Crippen molar-refractivity contribution in [3.05, 3.63) is 0 Å². The second-order valence-electron chi connectivity index (χ2n) is 6.41. The van der Waals surface area contributed by atoms with Crippen LogP contribution in [-0.2, 0) is 19.6 Å². The minimum atomic E-state index is -1.34. The molecular formula is C14H30O6. The normalized spacial score (nSPS) is 14.1. The summed E-state index contributed by atoms with van der Waals surface area (Å²) in [4.78, 5) is 20.0. The third-order valence-electron chi connectivity index (χ3n) is 3.81. The van der Waals surface area contributed by atoms with Gasteiger partial charge in [-0.2, -0.15) is 9.78 Å². The zero-order valence-corrected chi connectivity index (χ0v) is 13.8. The predicted octanol–water partition coefficient (Wildman–Crippen LogP) is 3.93. The van der Waals surface area contributed by atoms with Crippen LogP contribution >= 0.6 is 0 Å². The first-order valence-corrected chi connectivity index (χ1v) is 7.12. The monoisotopic (exact) mass is 294 g/mol. The topological polar surface area (TPSA) is 77.4 Å². The van der Waals surface area contributed by atoms with Crippen molar-refractivity contribution in [2.45, 2.75) is 67.0 Å². The van der Waals surface area contributed by atoms with Gasteiger partial charge in [-0.3, -0.25) is 0 Å². The van der Waals surface area contributed by atoms with E-state index in [1.165, 1.54) is 0 Å². The molecule has 0 aromatic heterocycles. The third kappa shape index (κ3) is 3.69. The molecule has 0 bridgehead atoms. The van der Waals surface area contributed by atoms with Gasteiger partial charge in [0.2, 0.25) is 11.6 Å². The van der Waals surface area contributed by atoms with E-state index in [1.54, 1.807) is 0 Å². The number of hydrogen-bond donors (Lipinski definition) is 2. The highest BCUT2D eigenvalue weighted by molar-refractivity contribution is 4.78. The van der Waals surface area contributed by atoms with E-state index >= 15 is 0 Å². The highest BCUT2D eigenvalue weighted by atomic mass is 17.3. The maximum atomic E-state index is 9.26. The average molecular weight is 294 g/mol. The smallest absolute Gasteiger partial charge is 0.238 e. The van der Waals surface area contributed by atoms with Gasteiger partial charge in [-0.05, 0) is 0 Å². The van der Waals surface area contributed by atoms with Crippen LogP contribution in [0.5, 0.6) is 0 Å². The summed E-state index contributed by atoms with van der Waals surface area (Å²) >= 11 is 0. The lowest BCUT2D eigenvalue weighted by atomic mass is 9.91. The zero-order chi connectivity index (χ0) is 16.1. The van der Waals surface area contributed by atoms with Crippen molar-refractivity contribution in [3.8, 4) is 0 Å². The summed E-state index contributed by atoms with van der Waals surface area (Å²) < 4.78 is 0. The first kappa shape index (κ1) is 19.8. The summed E-state index contributed by atoms with van der Waals surface area (Å²) in [5.41, 5.74) is 0. The Morgan fingerprint density at radius 3 is 0.850 bits per heavy atom. The summed E-state index contributed by atoms with van der Waals surface area (Å²) in [6, 6.07) is 0. The van der Waals surface area contributed by atoms with Crippen molar-refractivity contribution in [1.29, 1.82) is 0 Å². The van der Waals surface area contributed by atoms with Crippen LogP contribution in [0.2, 0.25) is 0 Å². The van der Waals surface area contributed by atoms with E-state index < -0.39 is 11.6 Å². The summed E-state index contributed by atoms with van der Waals surface area (Å²) in [5, 5.41) is 18.5. The summed E-state index contributed by atoms with van der Waals surface area (Å²) in [5.74, 6) is -3.39. The van der Waals surface area contributed by atoms with E-state index in [0.29, 0.717) is 0 Å². The Labute approximate surface area is 121 Å². The fraction of sp³-hybridized carbons (Fsp3) is 1.00. The maximum absolute atomic E-state index is 9.26. The lowest BCUT2D eigenvalue weighted by molar-refractivity contribution is -0.596. The standard InChI is InChI=1S/C14H30O6/c1-9(2)13(17-15,10(3)4)19-20-14(18-16,11(5)6)12(7)8/h9-12,15-16H,1-8H3. The second-order valence-corrected chi connectivity index (χ2v) is 6.41. The lowest BCUT2D eigenvalue weighted by Gasteiger charge is -2.41. The molecule has 0 saturated carbocycles. The van der Waals surface area contributed by atoms with E-state index in [9.17, 15) is 10.5 Å². The van der Waals surface area contributed by atoms with Crippen LogP contribution in [0.15, 0.2) is 0 Å². The summed E-state index contributed by atoms with van der Waals surface area (Å²) in [7, 11) is 0. The van der Waals surface area contributed by atoms with Crippen molar-refractivity contribution < 1.29 is 30.1 Å². The molecule has 6 heteroatoms. The maximum Gasteiger partial charge on any atom is 0.238 e. The fourth-order valence-corrected chi connectivity index (χ4v) is 2.30. The molecule has 0 atom stereocenters. The van der Waals surface area contributed by atoms with Crippen molar-refractivity contribution in [3.63, 3.8) is 0 Å². The van der Waals surface area contributed by atoms with E-state index in [0.717, 1.165) is 0 Å². The Bertz CT molecular complexity index is 231. The van der Waals surface area contributed by atoms with E-state index in [-0.39, 0.29) is 23.7 Å². The molecule has 2 N–H and O–H groups in total. The van der Waals surface area contributed by atoms with E-state index in [4.69, 9.17) is 9.78 Å². The Morgan fingerprint density at radius 1 is 0.550 bits per heavy atom. The van der Waals surface area contributed by atoms with Crippen LogP contribution < -0.4 is 0 Å². The van der Waals surface area contributed by atoms with Crippen molar-refractivity contribution >= 4 is 0 Å². The molecule has 6 nitrogen and oxygen atoms in total. The van der Waals surface area contributed by atoms with E-state index in [1.807, 2.05) is 55.4 Å². The minimum Gasteiger partial charge on any atom is -0.249 e. The van der Waals surface area contributed by atoms with Gasteiger partial charge >= 0.3 is 0 Å². The van der Waals surface area contributed by atoms with Crippen LogP contribution in [0.3, 0.4) is 0 Å². The van der Waals surface area contributed by atoms with Gasteiger partial charge in [-0.15, -0.1) is 0 Å². The molecule has 0 aliphatic carbocycles. The minimum absolute atomic E-state index is 0.178. The summed E-state index contributed by atoms with van der Waals surface area (Å²) in [6.07, 6.45) is 0. The summed E-state index contributed by atoms with van der Waals surface area (Å²) in [6.45, 7) is 14.7. The Balaban J connectivity index is 5.26. The van der Waals surface area contributed by atoms with Crippen LogP contribution in [0, 0.1) is 23.7 Å². The molecule has 0 unspecified atom stereocenters. The highest BCUT2D eigenvalue weighted by Crippen LogP contribution is 2.37. The Hall–Kier alpha value is -0.240. The van der Waals surface area contributed by atoms with Crippen LogP contribution in [-0.4, -0.2) is 22.1 Å². The largest absolute Gasteiger partial charge is 0.249 e. The lowest BCUT2D eigenvalue weighted by Crippen LogP contribution is -2.52. The quantitative estimate of drug-likeness (QED) is 0.381. The van der Waals surface area contributed by atoms with Gasteiger partial charge in [0.05, 0.1) is 0 Å². The predicted molar refractivity (Wildman–Crippen MR) is 74.4 cm³/mol. The third-order valence-corrected chi connectivity index (χ3v) is 3.81. The molecule has 0 heterocycles. The molecule has 0 aromatic rings. The van der Waals surface area contributed by atoms with Gasteiger partial charge in [0.25, 0.3) is 0 Å². The molecule has 0 aliphatic heterocycles. The van der Waals surface area contributed by atoms with Crippen LogP contribution in [0.25, 0.3) is 0 Å². The van der Waals surface area contributed by atoms with Gasteiger partial charge in [-0.1, -0.05) is 55.4 Å². The van der Waals surface area contributed by atoms with Crippen molar-refractivity contribution in [2.24, 2.45) is 23.7 Å². The molecule has 0 spiro atoms. The Morgan fingerprint density at radius 2 is 0.750 bits per heavy atom. The SMILES string of the molecule is CC(C)C(OO)(OOC(OO)(C(C)C)C(C)C)C(C)C. The Kier molecular flexibility index (Phi) is 7.59. The molecule has 0 fully saturated rings. The number of hydrogen-bond acceptors (Lipinski definition) is 6. The number of rotatable bonds is 9. The average Bonchev–Trinajstić information content (AvgIpc) is 2.33. The van der Waals surface area contributed by atoms with Gasteiger partial charge in [-0.25, -0.2) is 20.3 Å². The van der Waals surface area contributed by atoms with Crippen LogP contribution in [0.4, 0.5) is 0 Å². The van der Waals surface area contributed by atoms with Crippen LogP contribution in [0.1, 0.15) is 55.4 Å². The molecule has 0 saturated heterocycles. The molecular weight excluding hydrogens is 264 g/mol. The second kappa shape index (κ2) is 7.68. The molecule has 0 aliphatic rings. The highest BCUT2D eigenvalue weighted by Gasteiger charge is 2.48. The molecule has 0 radical (unpaired) electrons. The van der Waals surface area contributed by atoms with Gasteiger partial charge in [0.15, 0.2) is 0 Å². The fourth-order valence-electron chi connectivity index (χ4n) is 2.30. The van der Waals surface area contributed by atoms with Gasteiger partial charge < -0.3 is 0 Å². The zero-order valence-electron chi connectivity index (χ0n) is 13.8. The van der Waals surface area contributed by atoms with Gasteiger partial charge in [0.1, 0.15) is 0 Å². The molecule has 0 amide bonds. The van der Waals surface area contributed by atoms with Crippen molar-refractivity contribution in [1.82, 2.24) is 0 Å². The first-order chi connectivity index (χ1) is 9.10. The molecule has 0 aromatic carbocycles. The first-order valence-electron chi connectivity index (χ1n) is 7.12. The van der Waals surface area contributed by atoms with E-state index in [2.05, 4.69) is 9.78 Å². The van der Waals surface area contributed by atoms with Gasteiger partial charge in [0, 0.05) is 23.7 Å². The molecule has 20 heavy (non-hydrogen) atoms. The molecule has 0 rings (SSSR count). The molecule has 122 valence electrons. The van der Waals surface area contributed by atoms with Crippen molar-refractivity contribution in [2.75, 3.05) is 0 Å².